The molecule has 1 amide bonds. The Morgan fingerprint density at radius 2 is 1.65 bits per heavy atom. The van der Waals surface area contributed by atoms with Crippen molar-refractivity contribution in [3.63, 3.8) is 0 Å². The third kappa shape index (κ3) is 3.43. The largest absolute Gasteiger partial charge is 0.366 e. The van der Waals surface area contributed by atoms with Gasteiger partial charge in [0.2, 0.25) is 15.9 Å². The van der Waals surface area contributed by atoms with E-state index in [-0.39, 0.29) is 6.04 Å². The highest BCUT2D eigenvalue weighted by atomic mass is 32.2. The molecule has 0 bridgehead atoms. The molecule has 5 nitrogen and oxygen atoms in total. The van der Waals surface area contributed by atoms with E-state index in [2.05, 4.69) is 4.72 Å². The topological polar surface area (TPSA) is 89.3 Å². The van der Waals surface area contributed by atoms with Gasteiger partial charge in [-0.2, -0.15) is 0 Å². The average molecular weight is 336 g/mol. The molecule has 0 aliphatic heterocycles. The van der Waals surface area contributed by atoms with Gasteiger partial charge in [-0.05, 0) is 61.8 Å². The van der Waals surface area contributed by atoms with E-state index in [1.165, 1.54) is 6.42 Å². The summed E-state index contributed by atoms with van der Waals surface area (Å²) in [7, 11) is -3.55. The van der Waals surface area contributed by atoms with Crippen molar-refractivity contribution in [3.05, 3.63) is 28.8 Å². The highest BCUT2D eigenvalue weighted by Gasteiger charge is 2.28. The molecule has 0 aromatic heterocycles. The Balaban J connectivity index is 1.96. The van der Waals surface area contributed by atoms with Gasteiger partial charge in [-0.3, -0.25) is 4.79 Å². The summed E-state index contributed by atoms with van der Waals surface area (Å²) < 4.78 is 28.5. The fraction of sp³-hybridized carbons (Fsp3) is 0.588. The second-order valence-corrected chi connectivity index (χ2v) is 8.28. The van der Waals surface area contributed by atoms with Crippen molar-refractivity contribution in [1.82, 2.24) is 4.72 Å². The Morgan fingerprint density at radius 1 is 1.00 bits per heavy atom. The lowest BCUT2D eigenvalue weighted by atomic mass is 9.88. The molecule has 0 unspecified atom stereocenters. The van der Waals surface area contributed by atoms with Crippen LogP contribution in [0, 0.1) is 0 Å². The molecule has 3 rings (SSSR count). The number of benzene rings is 1. The predicted molar refractivity (Wildman–Crippen MR) is 88.8 cm³/mol. The van der Waals surface area contributed by atoms with Crippen LogP contribution in [0.5, 0.6) is 0 Å². The molecule has 0 spiro atoms. The van der Waals surface area contributed by atoms with Crippen LogP contribution in [0.4, 0.5) is 0 Å². The van der Waals surface area contributed by atoms with Crippen LogP contribution in [0.2, 0.25) is 0 Å². The number of hydrogen-bond donors (Lipinski definition) is 2. The summed E-state index contributed by atoms with van der Waals surface area (Å²) in [4.78, 5) is 11.9. The monoisotopic (exact) mass is 336 g/mol. The van der Waals surface area contributed by atoms with Crippen LogP contribution in [-0.2, 0) is 22.9 Å². The van der Waals surface area contributed by atoms with E-state index >= 15 is 0 Å². The van der Waals surface area contributed by atoms with Crippen molar-refractivity contribution < 1.29 is 13.2 Å². The van der Waals surface area contributed by atoms with E-state index in [1.54, 1.807) is 12.1 Å². The van der Waals surface area contributed by atoms with Gasteiger partial charge >= 0.3 is 0 Å². The Kier molecular flexibility index (Phi) is 4.73. The van der Waals surface area contributed by atoms with Gasteiger partial charge in [0, 0.05) is 11.6 Å². The lowest BCUT2D eigenvalue weighted by molar-refractivity contribution is 0.0999. The van der Waals surface area contributed by atoms with Crippen molar-refractivity contribution >= 4 is 15.9 Å². The van der Waals surface area contributed by atoms with Gasteiger partial charge in [0.25, 0.3) is 0 Å². The summed E-state index contributed by atoms with van der Waals surface area (Å²) in [6.07, 6.45) is 8.46. The van der Waals surface area contributed by atoms with E-state index in [0.29, 0.717) is 16.9 Å². The molecule has 1 saturated carbocycles. The van der Waals surface area contributed by atoms with Crippen molar-refractivity contribution in [2.45, 2.75) is 68.7 Å². The van der Waals surface area contributed by atoms with Crippen molar-refractivity contribution in [1.29, 1.82) is 0 Å². The first-order valence-electron chi connectivity index (χ1n) is 8.46. The Morgan fingerprint density at radius 3 is 2.30 bits per heavy atom. The second kappa shape index (κ2) is 6.61. The van der Waals surface area contributed by atoms with Gasteiger partial charge in [0.1, 0.15) is 0 Å². The number of rotatable bonds is 4. The number of carbonyl (C=O) groups excluding carboxylic acids is 1. The SMILES string of the molecule is NC(=O)c1ccc(S(=O)(=O)NC2CCCCC2)c2c1CCCC2. The molecule has 23 heavy (non-hydrogen) atoms. The fourth-order valence-electron chi connectivity index (χ4n) is 3.82. The van der Waals surface area contributed by atoms with Crippen LogP contribution in [0.1, 0.15) is 66.4 Å². The smallest absolute Gasteiger partial charge is 0.248 e. The minimum Gasteiger partial charge on any atom is -0.366 e. The summed E-state index contributed by atoms with van der Waals surface area (Å²) in [6, 6.07) is 3.15. The number of nitrogens with one attached hydrogen (secondary N) is 1. The van der Waals surface area contributed by atoms with Gasteiger partial charge in [-0.15, -0.1) is 0 Å². The van der Waals surface area contributed by atoms with Gasteiger partial charge in [-0.1, -0.05) is 19.3 Å². The van der Waals surface area contributed by atoms with Gasteiger partial charge in [0.05, 0.1) is 4.90 Å². The quantitative estimate of drug-likeness (QED) is 0.884. The van der Waals surface area contributed by atoms with Crippen LogP contribution < -0.4 is 10.5 Å². The molecule has 0 atom stereocenters. The van der Waals surface area contributed by atoms with Crippen LogP contribution in [0.25, 0.3) is 0 Å². The zero-order valence-corrected chi connectivity index (χ0v) is 14.1. The third-order valence-electron chi connectivity index (χ3n) is 4.97. The first kappa shape index (κ1) is 16.5. The molecule has 3 N–H and O–H groups in total. The molecule has 2 aliphatic rings. The number of carbonyl (C=O) groups is 1. The molecular formula is C17H24N2O3S. The molecular weight excluding hydrogens is 312 g/mol. The minimum atomic E-state index is -3.55. The Bertz CT molecular complexity index is 707. The summed E-state index contributed by atoms with van der Waals surface area (Å²) in [5.41, 5.74) is 7.53. The molecule has 0 radical (unpaired) electrons. The molecule has 1 fully saturated rings. The number of sulfonamides is 1. The molecule has 1 aromatic carbocycles. The minimum absolute atomic E-state index is 0.0313. The zero-order chi connectivity index (χ0) is 16.4. The number of fused-ring (bicyclic) bond motifs is 1. The maximum Gasteiger partial charge on any atom is 0.248 e. The van der Waals surface area contributed by atoms with Crippen LogP contribution in [-0.4, -0.2) is 20.4 Å². The predicted octanol–water partition coefficient (Wildman–Crippen LogP) is 2.28. The van der Waals surface area contributed by atoms with Crippen LogP contribution >= 0.6 is 0 Å². The summed E-state index contributed by atoms with van der Waals surface area (Å²) >= 11 is 0. The fourth-order valence-corrected chi connectivity index (χ4v) is 5.42. The number of primary amides is 1. The average Bonchev–Trinajstić information content (AvgIpc) is 2.54. The van der Waals surface area contributed by atoms with Crippen LogP contribution in [0.15, 0.2) is 17.0 Å². The third-order valence-corrected chi connectivity index (χ3v) is 6.58. The first-order valence-corrected chi connectivity index (χ1v) is 9.94. The Labute approximate surface area is 137 Å². The van der Waals surface area contributed by atoms with Crippen molar-refractivity contribution in [2.24, 2.45) is 5.73 Å². The van der Waals surface area contributed by atoms with E-state index < -0.39 is 15.9 Å². The molecule has 0 saturated heterocycles. The maximum absolute atomic E-state index is 12.8. The van der Waals surface area contributed by atoms with Crippen molar-refractivity contribution in [2.75, 3.05) is 0 Å². The zero-order valence-electron chi connectivity index (χ0n) is 13.3. The van der Waals surface area contributed by atoms with Gasteiger partial charge in [0.15, 0.2) is 0 Å². The highest BCUT2D eigenvalue weighted by Crippen LogP contribution is 2.31. The summed E-state index contributed by atoms with van der Waals surface area (Å²) in [5.74, 6) is -0.479. The second-order valence-electron chi connectivity index (χ2n) is 6.60. The standard InChI is InChI=1S/C17H24N2O3S/c18-17(20)15-10-11-16(14-9-5-4-8-13(14)15)23(21,22)19-12-6-2-1-3-7-12/h10-12,19H,1-9H2,(H2,18,20). The first-order chi connectivity index (χ1) is 11.0. The van der Waals surface area contributed by atoms with Gasteiger partial charge in [-0.25, -0.2) is 13.1 Å². The number of hydrogen-bond acceptors (Lipinski definition) is 3. The lowest BCUT2D eigenvalue weighted by Crippen LogP contribution is -2.37. The van der Waals surface area contributed by atoms with Crippen molar-refractivity contribution in [3.8, 4) is 0 Å². The summed E-state index contributed by atoms with van der Waals surface area (Å²) in [6.45, 7) is 0. The number of nitrogens with two attached hydrogens (primary N) is 1. The molecule has 2 aliphatic carbocycles. The van der Waals surface area contributed by atoms with E-state index in [4.69, 9.17) is 5.73 Å². The maximum atomic E-state index is 12.8. The van der Waals surface area contributed by atoms with Crippen LogP contribution in [0.3, 0.4) is 0 Å². The normalized spacial score (nSPS) is 19.3. The molecule has 0 heterocycles. The molecule has 6 heteroatoms. The number of amides is 1. The highest BCUT2D eigenvalue weighted by molar-refractivity contribution is 7.89. The molecule has 126 valence electrons. The van der Waals surface area contributed by atoms with Gasteiger partial charge < -0.3 is 5.73 Å². The molecule has 1 aromatic rings. The van der Waals surface area contributed by atoms with E-state index in [1.807, 2.05) is 0 Å². The van der Waals surface area contributed by atoms with E-state index in [0.717, 1.165) is 56.1 Å². The lowest BCUT2D eigenvalue weighted by Gasteiger charge is -2.25. The Hall–Kier alpha value is -1.40. The summed E-state index contributed by atoms with van der Waals surface area (Å²) in [5, 5.41) is 0. The van der Waals surface area contributed by atoms with E-state index in [9.17, 15) is 13.2 Å².